The Labute approximate surface area is 136 Å². The van der Waals surface area contributed by atoms with E-state index in [0.717, 1.165) is 24.3 Å². The first-order chi connectivity index (χ1) is 10.1. The molecule has 1 aromatic carbocycles. The van der Waals surface area contributed by atoms with Gasteiger partial charge in [0.25, 0.3) is 0 Å². The van der Waals surface area contributed by atoms with Gasteiger partial charge in [0.15, 0.2) is 0 Å². The highest BCUT2D eigenvalue weighted by molar-refractivity contribution is 5.98. The third kappa shape index (κ3) is 3.18. The smallest absolute Gasteiger partial charge is 0.321 e. The minimum atomic E-state index is -0.360. The second-order valence-electron chi connectivity index (χ2n) is 5.88. The summed E-state index contributed by atoms with van der Waals surface area (Å²) in [7, 11) is 0. The van der Waals surface area contributed by atoms with Crippen LogP contribution in [0.15, 0.2) is 24.3 Å². The van der Waals surface area contributed by atoms with Crippen LogP contribution >= 0.6 is 12.4 Å². The summed E-state index contributed by atoms with van der Waals surface area (Å²) >= 11 is 0. The molecule has 0 spiro atoms. The normalized spacial score (nSPS) is 23.9. The van der Waals surface area contributed by atoms with E-state index in [1.54, 1.807) is 4.90 Å². The number of nitrogens with zero attached hydrogens (tertiary/aromatic N) is 1. The van der Waals surface area contributed by atoms with Crippen molar-refractivity contribution in [1.29, 1.82) is 0 Å². The summed E-state index contributed by atoms with van der Waals surface area (Å²) in [6.07, 6.45) is 0.840. The Bertz CT molecular complexity index is 572. The number of nitrogens with one attached hydrogen (secondary N) is 3. The Balaban J connectivity index is 0.00000176. The molecule has 3 amide bonds. The number of anilines is 2. The first-order valence-electron chi connectivity index (χ1n) is 7.26. The maximum absolute atomic E-state index is 12.4. The molecule has 7 heteroatoms. The second-order valence-corrected chi connectivity index (χ2v) is 5.88. The zero-order chi connectivity index (χ0) is 14.9. The Morgan fingerprint density at radius 2 is 2.18 bits per heavy atom. The molecule has 0 radical (unpaired) electrons. The Kier molecular flexibility index (Phi) is 4.93. The minimum absolute atomic E-state index is 0. The summed E-state index contributed by atoms with van der Waals surface area (Å²) in [5.41, 5.74) is 1.17. The van der Waals surface area contributed by atoms with E-state index in [9.17, 15) is 9.59 Å². The number of amides is 3. The predicted octanol–water partition coefficient (Wildman–Crippen LogP) is 1.58. The van der Waals surface area contributed by atoms with Crippen molar-refractivity contribution < 1.29 is 9.59 Å². The lowest BCUT2D eigenvalue weighted by Crippen LogP contribution is -2.35. The van der Waals surface area contributed by atoms with Crippen molar-refractivity contribution in [2.75, 3.05) is 36.4 Å². The molecule has 3 N–H and O–H groups in total. The van der Waals surface area contributed by atoms with Crippen LogP contribution in [0.3, 0.4) is 0 Å². The summed E-state index contributed by atoms with van der Waals surface area (Å²) < 4.78 is 0. The van der Waals surface area contributed by atoms with E-state index >= 15 is 0 Å². The zero-order valence-corrected chi connectivity index (χ0v) is 13.3. The van der Waals surface area contributed by atoms with Crippen LogP contribution < -0.4 is 20.9 Å². The molecule has 2 fully saturated rings. The monoisotopic (exact) mass is 324 g/mol. The quantitative estimate of drug-likeness (QED) is 0.790. The predicted molar refractivity (Wildman–Crippen MR) is 88.7 cm³/mol. The molecule has 2 aliphatic heterocycles. The van der Waals surface area contributed by atoms with Crippen LogP contribution in [0.2, 0.25) is 0 Å². The SMILES string of the molecule is CC1(C(=O)Nc2cccc(N3CCNC3=O)c2)CCNC1.Cl. The fourth-order valence-corrected chi connectivity index (χ4v) is 2.76. The van der Waals surface area contributed by atoms with Crippen LogP contribution in [0.25, 0.3) is 0 Å². The van der Waals surface area contributed by atoms with Crippen molar-refractivity contribution in [3.63, 3.8) is 0 Å². The van der Waals surface area contributed by atoms with E-state index in [0.29, 0.717) is 19.6 Å². The van der Waals surface area contributed by atoms with Gasteiger partial charge in [0.2, 0.25) is 5.91 Å². The van der Waals surface area contributed by atoms with E-state index in [4.69, 9.17) is 0 Å². The van der Waals surface area contributed by atoms with Gasteiger partial charge in [0.05, 0.1) is 5.41 Å². The minimum Gasteiger partial charge on any atom is -0.336 e. The molecular weight excluding hydrogens is 304 g/mol. The molecule has 1 atom stereocenters. The van der Waals surface area contributed by atoms with Crippen LogP contribution in [-0.4, -0.2) is 38.1 Å². The highest BCUT2D eigenvalue weighted by Crippen LogP contribution is 2.27. The van der Waals surface area contributed by atoms with E-state index < -0.39 is 0 Å². The van der Waals surface area contributed by atoms with E-state index in [1.807, 2.05) is 31.2 Å². The molecule has 2 heterocycles. The lowest BCUT2D eigenvalue weighted by Gasteiger charge is -2.22. The maximum atomic E-state index is 12.4. The maximum Gasteiger partial charge on any atom is 0.321 e. The second kappa shape index (κ2) is 6.54. The van der Waals surface area contributed by atoms with Gasteiger partial charge in [0, 0.05) is 31.0 Å². The van der Waals surface area contributed by atoms with Gasteiger partial charge in [-0.2, -0.15) is 0 Å². The van der Waals surface area contributed by atoms with Gasteiger partial charge in [-0.25, -0.2) is 4.79 Å². The first-order valence-corrected chi connectivity index (χ1v) is 7.26. The van der Waals surface area contributed by atoms with Crippen molar-refractivity contribution in [2.24, 2.45) is 5.41 Å². The highest BCUT2D eigenvalue weighted by atomic mass is 35.5. The molecule has 0 aliphatic carbocycles. The number of carbonyl (C=O) groups is 2. The van der Waals surface area contributed by atoms with E-state index in [2.05, 4.69) is 16.0 Å². The number of hydrogen-bond donors (Lipinski definition) is 3. The van der Waals surface area contributed by atoms with Gasteiger partial charge in [-0.1, -0.05) is 6.07 Å². The summed E-state index contributed by atoms with van der Waals surface area (Å²) in [4.78, 5) is 25.8. The zero-order valence-electron chi connectivity index (χ0n) is 12.5. The molecule has 3 rings (SSSR count). The summed E-state index contributed by atoms with van der Waals surface area (Å²) in [5.74, 6) is 0.0236. The Morgan fingerprint density at radius 1 is 1.36 bits per heavy atom. The molecule has 1 unspecified atom stereocenters. The standard InChI is InChI=1S/C15H20N4O2.ClH/c1-15(5-6-16-10-15)13(20)18-11-3-2-4-12(9-11)19-8-7-17-14(19)21;/h2-4,9,16H,5-8,10H2,1H3,(H,17,21)(H,18,20);1H. The number of rotatable bonds is 3. The number of carbonyl (C=O) groups excluding carboxylic acids is 2. The van der Waals surface area contributed by atoms with Gasteiger partial charge < -0.3 is 16.0 Å². The topological polar surface area (TPSA) is 73.5 Å². The lowest BCUT2D eigenvalue weighted by molar-refractivity contribution is -0.123. The average molecular weight is 325 g/mol. The molecule has 120 valence electrons. The molecule has 2 aliphatic rings. The largest absolute Gasteiger partial charge is 0.336 e. The molecule has 1 aromatic rings. The van der Waals surface area contributed by atoms with Gasteiger partial charge in [0.1, 0.15) is 0 Å². The molecule has 0 saturated carbocycles. The van der Waals surface area contributed by atoms with Gasteiger partial charge in [-0.15, -0.1) is 12.4 Å². The fraction of sp³-hybridized carbons (Fsp3) is 0.467. The van der Waals surface area contributed by atoms with Gasteiger partial charge in [-0.05, 0) is 38.1 Å². The Hall–Kier alpha value is -1.79. The molecule has 22 heavy (non-hydrogen) atoms. The summed E-state index contributed by atoms with van der Waals surface area (Å²) in [5, 5.41) is 8.96. The number of hydrogen-bond acceptors (Lipinski definition) is 3. The van der Waals surface area contributed by atoms with Crippen molar-refractivity contribution in [1.82, 2.24) is 10.6 Å². The fourth-order valence-electron chi connectivity index (χ4n) is 2.76. The molecule has 0 aromatic heterocycles. The molecule has 6 nitrogen and oxygen atoms in total. The van der Waals surface area contributed by atoms with Crippen molar-refractivity contribution in [2.45, 2.75) is 13.3 Å². The van der Waals surface area contributed by atoms with Gasteiger partial charge >= 0.3 is 6.03 Å². The lowest BCUT2D eigenvalue weighted by atomic mass is 9.89. The third-order valence-electron chi connectivity index (χ3n) is 4.19. The van der Waals surface area contributed by atoms with Crippen molar-refractivity contribution in [3.05, 3.63) is 24.3 Å². The van der Waals surface area contributed by atoms with Crippen LogP contribution in [-0.2, 0) is 4.79 Å². The van der Waals surface area contributed by atoms with Crippen LogP contribution in [0.4, 0.5) is 16.2 Å². The van der Waals surface area contributed by atoms with Crippen molar-refractivity contribution >= 4 is 35.7 Å². The molecule has 0 bridgehead atoms. The molecule has 2 saturated heterocycles. The van der Waals surface area contributed by atoms with Gasteiger partial charge in [-0.3, -0.25) is 9.69 Å². The molecular formula is C15H21ClN4O2. The summed E-state index contributed by atoms with van der Waals surface area (Å²) in [6, 6.07) is 7.33. The highest BCUT2D eigenvalue weighted by Gasteiger charge is 2.36. The average Bonchev–Trinajstić information content (AvgIpc) is 3.09. The number of benzene rings is 1. The number of halogens is 1. The van der Waals surface area contributed by atoms with Crippen LogP contribution in [0.1, 0.15) is 13.3 Å². The third-order valence-corrected chi connectivity index (χ3v) is 4.19. The van der Waals surface area contributed by atoms with E-state index in [1.165, 1.54) is 0 Å². The van der Waals surface area contributed by atoms with Crippen LogP contribution in [0, 0.1) is 5.41 Å². The summed E-state index contributed by atoms with van der Waals surface area (Å²) in [6.45, 7) is 4.85. The Morgan fingerprint density at radius 3 is 2.82 bits per heavy atom. The van der Waals surface area contributed by atoms with Crippen molar-refractivity contribution in [3.8, 4) is 0 Å². The van der Waals surface area contributed by atoms with E-state index in [-0.39, 0.29) is 29.8 Å². The first kappa shape index (κ1) is 16.6. The number of urea groups is 1. The van der Waals surface area contributed by atoms with Crippen LogP contribution in [0.5, 0.6) is 0 Å².